The van der Waals surface area contributed by atoms with Gasteiger partial charge in [-0.15, -0.1) is 18.3 Å². The maximum atomic E-state index is 11.3. The summed E-state index contributed by atoms with van der Waals surface area (Å²) >= 11 is 1.71. The first-order valence-electron chi connectivity index (χ1n) is 5.31. The molecule has 0 N–H and O–H groups in total. The van der Waals surface area contributed by atoms with Crippen molar-refractivity contribution in [1.82, 2.24) is 0 Å². The van der Waals surface area contributed by atoms with Crippen LogP contribution in [0.3, 0.4) is 0 Å². The molecule has 0 radical (unpaired) electrons. The third kappa shape index (κ3) is 2.67. The lowest BCUT2D eigenvalue weighted by Crippen LogP contribution is -2.16. The number of rotatable bonds is 4. The Morgan fingerprint density at radius 2 is 2.19 bits per heavy atom. The second-order valence-corrected chi connectivity index (χ2v) is 5.04. The SMILES string of the molecule is C=CC[C@@H]1OC(=O)C[C@H]1Sc1ccccc1. The van der Waals surface area contributed by atoms with Crippen LogP contribution < -0.4 is 0 Å². The smallest absolute Gasteiger partial charge is 0.307 e. The Bertz CT molecular complexity index is 375. The minimum atomic E-state index is -0.0970. The first-order chi connectivity index (χ1) is 7.79. The summed E-state index contributed by atoms with van der Waals surface area (Å²) in [5.41, 5.74) is 0. The van der Waals surface area contributed by atoms with E-state index in [9.17, 15) is 4.79 Å². The highest BCUT2D eigenvalue weighted by atomic mass is 32.2. The molecule has 1 aliphatic heterocycles. The highest BCUT2D eigenvalue weighted by Crippen LogP contribution is 2.34. The number of ether oxygens (including phenoxy) is 1. The van der Waals surface area contributed by atoms with Gasteiger partial charge in [-0.1, -0.05) is 24.3 Å². The van der Waals surface area contributed by atoms with Crippen molar-refractivity contribution in [2.75, 3.05) is 0 Å². The zero-order valence-electron chi connectivity index (χ0n) is 8.96. The molecule has 1 aliphatic rings. The predicted octanol–water partition coefficient (Wildman–Crippen LogP) is 3.04. The van der Waals surface area contributed by atoms with Gasteiger partial charge >= 0.3 is 5.97 Å². The van der Waals surface area contributed by atoms with Crippen LogP contribution in [0.5, 0.6) is 0 Å². The summed E-state index contributed by atoms with van der Waals surface area (Å²) in [5, 5.41) is 0.216. The number of carbonyl (C=O) groups is 1. The fourth-order valence-corrected chi connectivity index (χ4v) is 2.95. The summed E-state index contributed by atoms with van der Waals surface area (Å²) < 4.78 is 5.26. The van der Waals surface area contributed by atoms with Crippen molar-refractivity contribution < 1.29 is 9.53 Å². The molecular formula is C13H14O2S. The van der Waals surface area contributed by atoms with Crippen molar-refractivity contribution in [2.45, 2.75) is 29.1 Å². The fraction of sp³-hybridized carbons (Fsp3) is 0.308. The van der Waals surface area contributed by atoms with Gasteiger partial charge in [0.25, 0.3) is 0 Å². The molecule has 0 unspecified atom stereocenters. The summed E-state index contributed by atoms with van der Waals surface area (Å²) in [5.74, 6) is -0.0970. The lowest BCUT2D eigenvalue weighted by molar-refractivity contribution is -0.141. The second-order valence-electron chi connectivity index (χ2n) is 3.73. The Morgan fingerprint density at radius 1 is 1.44 bits per heavy atom. The van der Waals surface area contributed by atoms with Crippen LogP contribution in [-0.2, 0) is 9.53 Å². The van der Waals surface area contributed by atoms with E-state index in [-0.39, 0.29) is 17.3 Å². The number of benzene rings is 1. The van der Waals surface area contributed by atoms with Crippen molar-refractivity contribution in [1.29, 1.82) is 0 Å². The molecule has 0 saturated carbocycles. The number of esters is 1. The van der Waals surface area contributed by atoms with Crippen molar-refractivity contribution in [3.05, 3.63) is 43.0 Å². The van der Waals surface area contributed by atoms with Gasteiger partial charge in [-0.05, 0) is 12.1 Å². The summed E-state index contributed by atoms with van der Waals surface area (Å²) in [6, 6.07) is 10.1. The molecule has 1 saturated heterocycles. The van der Waals surface area contributed by atoms with Crippen LogP contribution in [0.4, 0.5) is 0 Å². The number of thioether (sulfide) groups is 1. The van der Waals surface area contributed by atoms with Gasteiger partial charge < -0.3 is 4.74 Å². The molecular weight excluding hydrogens is 220 g/mol. The quantitative estimate of drug-likeness (QED) is 0.591. The minimum Gasteiger partial charge on any atom is -0.461 e. The van der Waals surface area contributed by atoms with Gasteiger partial charge in [0.05, 0.1) is 11.7 Å². The molecule has 2 nitrogen and oxygen atoms in total. The summed E-state index contributed by atoms with van der Waals surface area (Å²) in [6.07, 6.45) is 3.02. The van der Waals surface area contributed by atoms with Crippen molar-refractivity contribution in [2.24, 2.45) is 0 Å². The van der Waals surface area contributed by atoms with Crippen LogP contribution in [0, 0.1) is 0 Å². The van der Waals surface area contributed by atoms with Crippen LogP contribution in [-0.4, -0.2) is 17.3 Å². The Labute approximate surface area is 99.7 Å². The summed E-state index contributed by atoms with van der Waals surface area (Å²) in [4.78, 5) is 12.4. The minimum absolute atomic E-state index is 0.0183. The number of cyclic esters (lactones) is 1. The second kappa shape index (κ2) is 5.21. The van der Waals surface area contributed by atoms with Gasteiger partial charge in [0.1, 0.15) is 6.10 Å². The van der Waals surface area contributed by atoms with E-state index in [4.69, 9.17) is 4.74 Å². The number of carbonyl (C=O) groups excluding carboxylic acids is 1. The van der Waals surface area contributed by atoms with Crippen molar-refractivity contribution >= 4 is 17.7 Å². The predicted molar refractivity (Wildman–Crippen MR) is 65.4 cm³/mol. The highest BCUT2D eigenvalue weighted by Gasteiger charge is 2.34. The third-order valence-corrected chi connectivity index (χ3v) is 3.81. The molecule has 0 amide bonds. The Hall–Kier alpha value is -1.22. The Kier molecular flexibility index (Phi) is 3.67. The lowest BCUT2D eigenvalue weighted by Gasteiger charge is -2.15. The zero-order valence-corrected chi connectivity index (χ0v) is 9.78. The van der Waals surface area contributed by atoms with E-state index in [2.05, 4.69) is 18.7 Å². The van der Waals surface area contributed by atoms with Crippen molar-refractivity contribution in [3.8, 4) is 0 Å². The number of hydrogen-bond acceptors (Lipinski definition) is 3. The van der Waals surface area contributed by atoms with Crippen LogP contribution >= 0.6 is 11.8 Å². The zero-order chi connectivity index (χ0) is 11.4. The summed E-state index contributed by atoms with van der Waals surface area (Å²) in [6.45, 7) is 3.69. The molecule has 1 heterocycles. The molecule has 0 spiro atoms. The van der Waals surface area contributed by atoms with E-state index in [1.807, 2.05) is 24.3 Å². The largest absolute Gasteiger partial charge is 0.461 e. The average Bonchev–Trinajstić information content (AvgIpc) is 2.61. The third-order valence-electron chi connectivity index (χ3n) is 2.49. The molecule has 0 bridgehead atoms. The summed E-state index contributed by atoms with van der Waals surface area (Å²) in [7, 11) is 0. The van der Waals surface area contributed by atoms with E-state index in [1.165, 1.54) is 4.90 Å². The Balaban J connectivity index is 2.03. The molecule has 1 fully saturated rings. The normalized spacial score (nSPS) is 24.1. The van der Waals surface area contributed by atoms with E-state index in [0.717, 1.165) is 6.42 Å². The maximum absolute atomic E-state index is 11.3. The maximum Gasteiger partial charge on any atom is 0.307 e. The molecule has 16 heavy (non-hydrogen) atoms. The molecule has 1 aromatic carbocycles. The Morgan fingerprint density at radius 3 is 2.88 bits per heavy atom. The van der Waals surface area contributed by atoms with Crippen molar-refractivity contribution in [3.63, 3.8) is 0 Å². The standard InChI is InChI=1S/C13H14O2S/c1-2-6-11-12(9-13(14)15-11)16-10-7-4-3-5-8-10/h2-5,7-8,11-12H,1,6,9H2/t11-,12+/m0/s1. The molecule has 2 rings (SSSR count). The monoisotopic (exact) mass is 234 g/mol. The topological polar surface area (TPSA) is 26.3 Å². The lowest BCUT2D eigenvalue weighted by atomic mass is 10.2. The average molecular weight is 234 g/mol. The van der Waals surface area contributed by atoms with Gasteiger partial charge in [-0.25, -0.2) is 0 Å². The van der Waals surface area contributed by atoms with Gasteiger partial charge in [0.15, 0.2) is 0 Å². The van der Waals surface area contributed by atoms with Gasteiger partial charge in [0.2, 0.25) is 0 Å². The first kappa shape index (κ1) is 11.3. The molecule has 2 atom stereocenters. The van der Waals surface area contributed by atoms with Gasteiger partial charge in [-0.3, -0.25) is 4.79 Å². The van der Waals surface area contributed by atoms with E-state index in [1.54, 1.807) is 11.8 Å². The van der Waals surface area contributed by atoms with E-state index >= 15 is 0 Å². The molecule has 84 valence electrons. The van der Waals surface area contributed by atoms with Crippen LogP contribution in [0.1, 0.15) is 12.8 Å². The van der Waals surface area contributed by atoms with E-state index < -0.39 is 0 Å². The van der Waals surface area contributed by atoms with Gasteiger partial charge in [-0.2, -0.15) is 0 Å². The molecule has 0 aliphatic carbocycles. The van der Waals surface area contributed by atoms with Crippen LogP contribution in [0.2, 0.25) is 0 Å². The molecule has 3 heteroatoms. The molecule has 1 aromatic rings. The molecule has 0 aromatic heterocycles. The van der Waals surface area contributed by atoms with Gasteiger partial charge in [0, 0.05) is 11.3 Å². The fourth-order valence-electron chi connectivity index (χ4n) is 1.74. The first-order valence-corrected chi connectivity index (χ1v) is 6.19. The highest BCUT2D eigenvalue weighted by molar-refractivity contribution is 8.00. The van der Waals surface area contributed by atoms with E-state index in [0.29, 0.717) is 6.42 Å². The van der Waals surface area contributed by atoms with Crippen LogP contribution in [0.15, 0.2) is 47.9 Å². The van der Waals surface area contributed by atoms with Crippen LogP contribution in [0.25, 0.3) is 0 Å². The number of hydrogen-bond donors (Lipinski definition) is 0.